The third-order valence-electron chi connectivity index (χ3n) is 2.68. The van der Waals surface area contributed by atoms with Crippen LogP contribution in [0.3, 0.4) is 0 Å². The highest BCUT2D eigenvalue weighted by Gasteiger charge is 2.07. The van der Waals surface area contributed by atoms with Crippen LogP contribution in [0, 0.1) is 0 Å². The number of nitrogens with zero attached hydrogens (tertiary/aromatic N) is 5. The lowest BCUT2D eigenvalue weighted by molar-refractivity contribution is 0.953. The van der Waals surface area contributed by atoms with Crippen molar-refractivity contribution in [1.82, 2.24) is 25.4 Å². The van der Waals surface area contributed by atoms with Crippen molar-refractivity contribution in [1.29, 1.82) is 0 Å². The van der Waals surface area contributed by atoms with Gasteiger partial charge in [-0.3, -0.25) is 4.98 Å². The molecule has 3 heterocycles. The Hall–Kier alpha value is -0.330. The average Bonchev–Trinajstić information content (AvgIpc) is 3.27. The van der Waals surface area contributed by atoms with Gasteiger partial charge >= 0.3 is 0 Å². The first-order valence-electron chi connectivity index (χ1n) is 6.72. The highest BCUT2D eigenvalue weighted by atomic mass is 32.2. The molecule has 3 rings (SSSR count). The van der Waals surface area contributed by atoms with E-state index in [1.807, 2.05) is 12.5 Å². The van der Waals surface area contributed by atoms with Gasteiger partial charge in [0.25, 0.3) is 0 Å². The fourth-order valence-electron chi connectivity index (χ4n) is 1.64. The van der Waals surface area contributed by atoms with E-state index in [0.29, 0.717) is 0 Å². The van der Waals surface area contributed by atoms with E-state index in [1.165, 1.54) is 0 Å². The molecule has 0 atom stereocenters. The predicted molar refractivity (Wildman–Crippen MR) is 107 cm³/mol. The molecule has 126 valence electrons. The fraction of sp³-hybridized carbons (Fsp3) is 0.308. The number of thioether (sulfide) groups is 4. The zero-order valence-corrected chi connectivity index (χ0v) is 17.7. The second-order valence-electron chi connectivity index (χ2n) is 4.27. The summed E-state index contributed by atoms with van der Waals surface area (Å²) in [5, 5.41) is 16.6. The third kappa shape index (κ3) is 5.33. The van der Waals surface area contributed by atoms with Gasteiger partial charge in [-0.2, -0.15) is 0 Å². The minimum atomic E-state index is 0.803. The Morgan fingerprint density at radius 2 is 1.21 bits per heavy atom. The first-order chi connectivity index (χ1) is 11.8. The summed E-state index contributed by atoms with van der Waals surface area (Å²) in [5.74, 6) is 1.61. The van der Waals surface area contributed by atoms with E-state index in [1.54, 1.807) is 69.7 Å². The highest BCUT2D eigenvalue weighted by Crippen LogP contribution is 2.31. The van der Waals surface area contributed by atoms with Crippen LogP contribution in [0.2, 0.25) is 0 Å². The van der Waals surface area contributed by atoms with Gasteiger partial charge in [0.2, 0.25) is 0 Å². The van der Waals surface area contributed by atoms with E-state index in [0.717, 1.165) is 40.3 Å². The van der Waals surface area contributed by atoms with Crippen LogP contribution < -0.4 is 0 Å². The minimum Gasteiger partial charge on any atom is -0.256 e. The minimum absolute atomic E-state index is 0.803. The molecule has 0 unspecified atom stereocenters. The molecule has 0 N–H and O–H groups in total. The van der Waals surface area contributed by atoms with E-state index in [4.69, 9.17) is 4.98 Å². The Morgan fingerprint density at radius 3 is 1.62 bits per heavy atom. The molecule has 3 aromatic rings. The van der Waals surface area contributed by atoms with Crippen LogP contribution in [-0.2, 0) is 11.5 Å². The highest BCUT2D eigenvalue weighted by molar-refractivity contribution is 8.03. The lowest BCUT2D eigenvalue weighted by Crippen LogP contribution is -1.92. The Balaban J connectivity index is 1.55. The molecule has 0 aliphatic heterocycles. The van der Waals surface area contributed by atoms with Crippen LogP contribution in [0.4, 0.5) is 0 Å². The summed E-state index contributed by atoms with van der Waals surface area (Å²) in [4.78, 5) is 4.72. The van der Waals surface area contributed by atoms with Gasteiger partial charge in [-0.25, -0.2) is 0 Å². The molecule has 11 heteroatoms. The molecule has 3 aromatic heterocycles. The molecule has 0 saturated heterocycles. The summed E-state index contributed by atoms with van der Waals surface area (Å²) in [6.45, 7) is 0. The number of rotatable bonds is 8. The predicted octanol–water partition coefficient (Wildman–Crippen LogP) is 4.81. The number of hydrogen-bond acceptors (Lipinski definition) is 11. The smallest absolute Gasteiger partial charge is 0.175 e. The quantitative estimate of drug-likeness (QED) is 0.467. The van der Waals surface area contributed by atoms with E-state index < -0.39 is 0 Å². The Kier molecular flexibility index (Phi) is 7.22. The Morgan fingerprint density at radius 1 is 0.750 bits per heavy atom. The number of pyridine rings is 1. The largest absolute Gasteiger partial charge is 0.256 e. The molecule has 0 aromatic carbocycles. The van der Waals surface area contributed by atoms with E-state index >= 15 is 0 Å². The van der Waals surface area contributed by atoms with Crippen molar-refractivity contribution >= 4 is 69.7 Å². The average molecular weight is 432 g/mol. The lowest BCUT2D eigenvalue weighted by Gasteiger charge is -2.02. The molecule has 0 spiro atoms. The van der Waals surface area contributed by atoms with Gasteiger partial charge in [0.05, 0.1) is 11.4 Å². The van der Waals surface area contributed by atoms with Gasteiger partial charge < -0.3 is 0 Å². The molecule has 0 radical (unpaired) electrons. The van der Waals surface area contributed by atoms with Crippen molar-refractivity contribution in [3.8, 4) is 0 Å². The van der Waals surface area contributed by atoms with Crippen LogP contribution in [0.25, 0.3) is 0 Å². The van der Waals surface area contributed by atoms with Gasteiger partial charge in [0.1, 0.15) is 0 Å². The zero-order chi connectivity index (χ0) is 16.8. The summed E-state index contributed by atoms with van der Waals surface area (Å²) in [7, 11) is 0. The van der Waals surface area contributed by atoms with Crippen LogP contribution in [0.15, 0.2) is 35.6 Å². The van der Waals surface area contributed by atoms with Gasteiger partial charge in [-0.15, -0.1) is 20.4 Å². The van der Waals surface area contributed by atoms with E-state index in [9.17, 15) is 0 Å². The Bertz CT molecular complexity index is 727. The second kappa shape index (κ2) is 9.39. The van der Waals surface area contributed by atoms with Crippen LogP contribution in [-0.4, -0.2) is 37.9 Å². The molecule has 5 nitrogen and oxygen atoms in total. The van der Waals surface area contributed by atoms with Gasteiger partial charge in [-0.1, -0.05) is 75.8 Å². The number of aromatic nitrogens is 5. The van der Waals surface area contributed by atoms with Crippen LogP contribution in [0.5, 0.6) is 0 Å². The van der Waals surface area contributed by atoms with Gasteiger partial charge in [0.15, 0.2) is 17.4 Å². The van der Waals surface area contributed by atoms with Crippen molar-refractivity contribution in [3.63, 3.8) is 0 Å². The normalized spacial score (nSPS) is 11.1. The summed E-state index contributed by atoms with van der Waals surface area (Å²) >= 11 is 9.85. The molecule has 0 aliphatic rings. The maximum atomic E-state index is 4.72. The molecule has 0 amide bonds. The van der Waals surface area contributed by atoms with Crippen molar-refractivity contribution in [2.24, 2.45) is 0 Å². The van der Waals surface area contributed by atoms with Crippen molar-refractivity contribution in [2.75, 3.05) is 12.5 Å². The van der Waals surface area contributed by atoms with E-state index in [-0.39, 0.29) is 0 Å². The zero-order valence-electron chi connectivity index (χ0n) is 12.8. The van der Waals surface area contributed by atoms with Gasteiger partial charge in [0, 0.05) is 11.5 Å². The van der Waals surface area contributed by atoms with Crippen molar-refractivity contribution in [3.05, 3.63) is 29.6 Å². The Labute approximate surface area is 165 Å². The molecule has 0 bridgehead atoms. The first-order valence-corrected chi connectivity index (χ1v) is 12.8. The summed E-state index contributed by atoms with van der Waals surface area (Å²) < 4.78 is 3.97. The molecule has 0 aliphatic carbocycles. The van der Waals surface area contributed by atoms with Crippen molar-refractivity contribution in [2.45, 2.75) is 28.9 Å². The molecular weight excluding hydrogens is 419 g/mol. The lowest BCUT2D eigenvalue weighted by atomic mass is 10.3. The first kappa shape index (κ1) is 18.5. The fourth-order valence-corrected chi connectivity index (χ4v) is 6.32. The van der Waals surface area contributed by atoms with Crippen LogP contribution >= 0.6 is 69.7 Å². The molecule has 0 fully saturated rings. The summed E-state index contributed by atoms with van der Waals surface area (Å²) in [5.41, 5.74) is 2.11. The molecule has 24 heavy (non-hydrogen) atoms. The number of hydrogen-bond donors (Lipinski definition) is 0. The monoisotopic (exact) mass is 431 g/mol. The van der Waals surface area contributed by atoms with Gasteiger partial charge in [-0.05, 0) is 24.6 Å². The topological polar surface area (TPSA) is 64.5 Å². The second-order valence-corrected chi connectivity index (χ2v) is 10.8. The molecule has 0 saturated carbocycles. The summed E-state index contributed by atoms with van der Waals surface area (Å²) in [6.07, 6.45) is 4.02. The molecular formula is C13H13N5S6. The summed E-state index contributed by atoms with van der Waals surface area (Å²) in [6, 6.07) is 6.16. The van der Waals surface area contributed by atoms with Crippen molar-refractivity contribution < 1.29 is 0 Å². The SMILES string of the molecule is CSc1nnc(SCc2cccc(CSc3nnc(SC)s3)n2)s1. The van der Waals surface area contributed by atoms with E-state index in [2.05, 4.69) is 38.6 Å². The standard InChI is InChI=1S/C13H13N5S6/c1-19-10-15-17-12(23-10)21-6-8-4-3-5-9(14-8)7-22-13-18-16-11(20-2)24-13/h3-5H,6-7H2,1-2H3. The third-order valence-corrected chi connectivity index (χ3v) is 8.81. The maximum absolute atomic E-state index is 4.72. The maximum Gasteiger partial charge on any atom is 0.175 e. The van der Waals surface area contributed by atoms with Crippen LogP contribution in [0.1, 0.15) is 11.4 Å².